The van der Waals surface area contributed by atoms with Crippen LogP contribution in [0.2, 0.25) is 5.15 Å². The van der Waals surface area contributed by atoms with Crippen LogP contribution in [0.5, 0.6) is 0 Å². The summed E-state index contributed by atoms with van der Waals surface area (Å²) in [5.41, 5.74) is 3.07. The summed E-state index contributed by atoms with van der Waals surface area (Å²) in [6, 6.07) is 9.94. The molecular weight excluding hydrogens is 352 g/mol. The number of carbonyl (C=O) groups is 1. The molecule has 0 aliphatic heterocycles. The largest absolute Gasteiger partial charge is 0.324 e. The fraction of sp³-hybridized carbons (Fsp3) is 0.250. The number of rotatable bonds is 2. The molecule has 1 aromatic carbocycles. The number of hydrogen-bond acceptors (Lipinski definition) is 2. The third-order valence-corrected chi connectivity index (χ3v) is 4.88. The van der Waals surface area contributed by atoms with E-state index in [1.54, 1.807) is 12.3 Å². The fourth-order valence-corrected chi connectivity index (χ4v) is 3.20. The topological polar surface area (TPSA) is 42.0 Å². The lowest BCUT2D eigenvalue weighted by Crippen LogP contribution is -2.24. The predicted molar refractivity (Wildman–Crippen MR) is 87.7 cm³/mol. The van der Waals surface area contributed by atoms with Gasteiger partial charge >= 0.3 is 0 Å². The zero-order valence-corrected chi connectivity index (χ0v) is 13.6. The Balaban J connectivity index is 1.81. The molecule has 0 spiro atoms. The number of halogens is 2. The van der Waals surface area contributed by atoms with Gasteiger partial charge in [0.1, 0.15) is 5.15 Å². The fourth-order valence-electron chi connectivity index (χ4n) is 2.75. The van der Waals surface area contributed by atoms with Gasteiger partial charge in [-0.2, -0.15) is 0 Å². The maximum absolute atomic E-state index is 12.5. The minimum Gasteiger partial charge on any atom is -0.324 e. The number of amides is 1. The van der Waals surface area contributed by atoms with Gasteiger partial charge in [-0.1, -0.05) is 35.9 Å². The molecule has 0 fully saturated rings. The van der Waals surface area contributed by atoms with Crippen molar-refractivity contribution in [2.45, 2.75) is 25.2 Å². The molecule has 21 heavy (non-hydrogen) atoms. The number of aryl methyl sites for hydroxylation is 1. The van der Waals surface area contributed by atoms with Crippen LogP contribution in [-0.4, -0.2) is 10.9 Å². The molecule has 1 aliphatic rings. The third-order valence-electron chi connectivity index (χ3n) is 3.75. The van der Waals surface area contributed by atoms with Gasteiger partial charge in [0.2, 0.25) is 5.91 Å². The molecule has 1 atom stereocenters. The SMILES string of the molecule is O=C(Nc1cnc(Cl)c(Br)c1)C1CCCc2ccccc21. The van der Waals surface area contributed by atoms with Crippen molar-refractivity contribution in [2.24, 2.45) is 0 Å². The van der Waals surface area contributed by atoms with E-state index in [1.165, 1.54) is 5.56 Å². The molecule has 1 heterocycles. The average Bonchev–Trinajstić information content (AvgIpc) is 2.50. The summed E-state index contributed by atoms with van der Waals surface area (Å²) in [6.45, 7) is 0. The van der Waals surface area contributed by atoms with E-state index in [2.05, 4.69) is 38.4 Å². The molecule has 1 aromatic heterocycles. The van der Waals surface area contributed by atoms with Gasteiger partial charge < -0.3 is 5.32 Å². The monoisotopic (exact) mass is 364 g/mol. The highest BCUT2D eigenvalue weighted by Crippen LogP contribution is 2.32. The highest BCUT2D eigenvalue weighted by molar-refractivity contribution is 9.10. The molecular formula is C16H14BrClN2O. The van der Waals surface area contributed by atoms with Crippen molar-refractivity contribution >= 4 is 39.1 Å². The van der Waals surface area contributed by atoms with Crippen LogP contribution in [0.1, 0.15) is 29.9 Å². The minimum atomic E-state index is -0.0931. The summed E-state index contributed by atoms with van der Waals surface area (Å²) in [6.07, 6.45) is 4.54. The Bertz CT molecular complexity index is 690. The molecule has 2 aromatic rings. The molecule has 1 amide bonds. The highest BCUT2D eigenvalue weighted by atomic mass is 79.9. The molecule has 1 aliphatic carbocycles. The number of nitrogens with zero attached hydrogens (tertiary/aromatic N) is 1. The standard InChI is InChI=1S/C16H14BrClN2O/c17-14-8-11(9-19-15(14)18)20-16(21)13-7-3-5-10-4-1-2-6-12(10)13/h1-2,4,6,8-9,13H,3,5,7H2,(H,20,21). The second kappa shape index (κ2) is 6.16. The lowest BCUT2D eigenvalue weighted by molar-refractivity contribution is -0.117. The summed E-state index contributed by atoms with van der Waals surface area (Å²) in [4.78, 5) is 16.6. The molecule has 1 unspecified atom stereocenters. The molecule has 0 saturated heterocycles. The first-order chi connectivity index (χ1) is 10.1. The number of hydrogen-bond donors (Lipinski definition) is 1. The number of pyridine rings is 1. The maximum Gasteiger partial charge on any atom is 0.231 e. The van der Waals surface area contributed by atoms with Crippen molar-refractivity contribution in [1.82, 2.24) is 4.98 Å². The molecule has 1 N–H and O–H groups in total. The van der Waals surface area contributed by atoms with Gasteiger partial charge in [-0.3, -0.25) is 4.79 Å². The molecule has 0 bridgehead atoms. The Morgan fingerprint density at radius 3 is 3.00 bits per heavy atom. The number of fused-ring (bicyclic) bond motifs is 1. The lowest BCUT2D eigenvalue weighted by atomic mass is 9.82. The van der Waals surface area contributed by atoms with Gasteiger partial charge in [0.05, 0.1) is 22.3 Å². The Morgan fingerprint density at radius 2 is 2.19 bits per heavy atom. The second-order valence-electron chi connectivity index (χ2n) is 5.13. The Hall–Kier alpha value is -1.39. The van der Waals surface area contributed by atoms with Crippen LogP contribution in [0.3, 0.4) is 0 Å². The second-order valence-corrected chi connectivity index (χ2v) is 6.34. The molecule has 3 rings (SSSR count). The van der Waals surface area contributed by atoms with Crippen molar-refractivity contribution in [2.75, 3.05) is 5.32 Å². The Kier molecular flexibility index (Phi) is 4.27. The number of anilines is 1. The van der Waals surface area contributed by atoms with Gasteiger partial charge in [0.15, 0.2) is 0 Å². The molecule has 0 saturated carbocycles. The van der Waals surface area contributed by atoms with E-state index >= 15 is 0 Å². The quantitative estimate of drug-likeness (QED) is 0.793. The van der Waals surface area contributed by atoms with E-state index in [4.69, 9.17) is 11.6 Å². The van der Waals surface area contributed by atoms with E-state index in [0.29, 0.717) is 15.3 Å². The van der Waals surface area contributed by atoms with E-state index < -0.39 is 0 Å². The van der Waals surface area contributed by atoms with Gasteiger partial charge in [0, 0.05) is 0 Å². The van der Waals surface area contributed by atoms with E-state index in [0.717, 1.165) is 24.8 Å². The predicted octanol–water partition coefficient (Wildman–Crippen LogP) is 4.56. The summed E-state index contributed by atoms with van der Waals surface area (Å²) in [5, 5.41) is 3.32. The van der Waals surface area contributed by atoms with Crippen LogP contribution in [0.15, 0.2) is 41.0 Å². The number of nitrogens with one attached hydrogen (secondary N) is 1. The van der Waals surface area contributed by atoms with Crippen LogP contribution in [-0.2, 0) is 11.2 Å². The zero-order chi connectivity index (χ0) is 14.8. The zero-order valence-electron chi connectivity index (χ0n) is 11.3. The van der Waals surface area contributed by atoms with Gasteiger partial charge in [-0.05, 0) is 52.4 Å². The average molecular weight is 366 g/mol. The first-order valence-electron chi connectivity index (χ1n) is 6.85. The number of benzene rings is 1. The van der Waals surface area contributed by atoms with Gasteiger partial charge in [-0.25, -0.2) is 4.98 Å². The van der Waals surface area contributed by atoms with Crippen molar-refractivity contribution < 1.29 is 4.79 Å². The first-order valence-corrected chi connectivity index (χ1v) is 8.02. The first kappa shape index (κ1) is 14.5. The molecule has 0 radical (unpaired) electrons. The van der Waals surface area contributed by atoms with Gasteiger partial charge in [-0.15, -0.1) is 0 Å². The minimum absolute atomic E-state index is 0.0122. The summed E-state index contributed by atoms with van der Waals surface area (Å²) in [5.74, 6) is -0.0809. The third kappa shape index (κ3) is 3.11. The molecule has 5 heteroatoms. The number of aromatic nitrogens is 1. The van der Waals surface area contributed by atoms with Crippen molar-refractivity contribution in [3.05, 3.63) is 57.3 Å². The van der Waals surface area contributed by atoms with Crippen molar-refractivity contribution in [1.29, 1.82) is 0 Å². The Labute approximate surface area is 136 Å². The molecule has 108 valence electrons. The van der Waals surface area contributed by atoms with Crippen LogP contribution >= 0.6 is 27.5 Å². The summed E-state index contributed by atoms with van der Waals surface area (Å²) in [7, 11) is 0. The number of carbonyl (C=O) groups excluding carboxylic acids is 1. The van der Waals surface area contributed by atoms with E-state index in [-0.39, 0.29) is 11.8 Å². The van der Waals surface area contributed by atoms with Crippen molar-refractivity contribution in [3.63, 3.8) is 0 Å². The Morgan fingerprint density at radius 1 is 1.38 bits per heavy atom. The lowest BCUT2D eigenvalue weighted by Gasteiger charge is -2.24. The van der Waals surface area contributed by atoms with Crippen LogP contribution < -0.4 is 5.32 Å². The summed E-state index contributed by atoms with van der Waals surface area (Å²) >= 11 is 9.17. The van der Waals surface area contributed by atoms with E-state index in [9.17, 15) is 4.79 Å². The normalized spacial score (nSPS) is 17.1. The summed E-state index contributed by atoms with van der Waals surface area (Å²) < 4.78 is 0.672. The highest BCUT2D eigenvalue weighted by Gasteiger charge is 2.26. The van der Waals surface area contributed by atoms with E-state index in [1.807, 2.05) is 12.1 Å². The van der Waals surface area contributed by atoms with Crippen LogP contribution in [0, 0.1) is 0 Å². The van der Waals surface area contributed by atoms with Gasteiger partial charge in [0.25, 0.3) is 0 Å². The van der Waals surface area contributed by atoms with Crippen molar-refractivity contribution in [3.8, 4) is 0 Å². The van der Waals surface area contributed by atoms with Crippen LogP contribution in [0.4, 0.5) is 5.69 Å². The maximum atomic E-state index is 12.5. The van der Waals surface area contributed by atoms with Crippen LogP contribution in [0.25, 0.3) is 0 Å². The molecule has 3 nitrogen and oxygen atoms in total. The smallest absolute Gasteiger partial charge is 0.231 e.